The van der Waals surface area contributed by atoms with Gasteiger partial charge in [0.2, 0.25) is 0 Å². The van der Waals surface area contributed by atoms with Crippen molar-refractivity contribution < 1.29 is 19.1 Å². The molecular weight excluding hydrogens is 334 g/mol. The van der Waals surface area contributed by atoms with Gasteiger partial charge in [-0.2, -0.15) is 0 Å². The summed E-state index contributed by atoms with van der Waals surface area (Å²) in [4.78, 5) is 25.8. The van der Waals surface area contributed by atoms with Crippen LogP contribution in [0, 0.1) is 5.92 Å². The fraction of sp³-hybridized carbons (Fsp3) is 0.474. The molecule has 0 radical (unpaired) electrons. The fourth-order valence-corrected chi connectivity index (χ4v) is 2.88. The normalized spacial score (nSPS) is 16.5. The fourth-order valence-electron chi connectivity index (χ4n) is 2.88. The smallest absolute Gasteiger partial charge is 0.317 e. The second-order valence-electron chi connectivity index (χ2n) is 6.17. The summed E-state index contributed by atoms with van der Waals surface area (Å²) < 4.78 is 10.7. The Morgan fingerprint density at radius 2 is 2.08 bits per heavy atom. The molecule has 0 saturated carbocycles. The number of carbonyl (C=O) groups excluding carboxylic acids is 2. The van der Waals surface area contributed by atoms with Crippen LogP contribution in [-0.2, 0) is 4.79 Å². The maximum absolute atomic E-state index is 12.0. The number of urea groups is 1. The van der Waals surface area contributed by atoms with Crippen LogP contribution in [0.5, 0.6) is 11.5 Å². The molecular formula is C19H27N3O4. The first-order chi connectivity index (χ1) is 12.6. The van der Waals surface area contributed by atoms with Gasteiger partial charge in [-0.3, -0.25) is 4.79 Å². The van der Waals surface area contributed by atoms with Crippen molar-refractivity contribution in [3.8, 4) is 11.5 Å². The van der Waals surface area contributed by atoms with Gasteiger partial charge in [0.15, 0.2) is 18.1 Å². The summed E-state index contributed by atoms with van der Waals surface area (Å²) >= 11 is 0. The summed E-state index contributed by atoms with van der Waals surface area (Å²) in [5, 5.41) is 5.67. The molecule has 1 aliphatic heterocycles. The highest BCUT2D eigenvalue weighted by molar-refractivity contribution is 5.77. The van der Waals surface area contributed by atoms with E-state index in [1.54, 1.807) is 30.2 Å². The molecule has 26 heavy (non-hydrogen) atoms. The van der Waals surface area contributed by atoms with Crippen molar-refractivity contribution >= 4 is 11.9 Å². The van der Waals surface area contributed by atoms with Gasteiger partial charge in [0.25, 0.3) is 5.91 Å². The highest BCUT2D eigenvalue weighted by atomic mass is 16.5. The van der Waals surface area contributed by atoms with Crippen molar-refractivity contribution in [2.24, 2.45) is 5.92 Å². The van der Waals surface area contributed by atoms with Gasteiger partial charge in [0.05, 0.1) is 7.11 Å². The molecule has 3 amide bonds. The number of amides is 3. The van der Waals surface area contributed by atoms with Crippen LogP contribution in [0.15, 0.2) is 36.9 Å². The zero-order valence-electron chi connectivity index (χ0n) is 15.2. The van der Waals surface area contributed by atoms with Gasteiger partial charge in [-0.1, -0.05) is 18.2 Å². The first kappa shape index (κ1) is 19.6. The summed E-state index contributed by atoms with van der Waals surface area (Å²) in [5.74, 6) is 1.18. The average molecular weight is 361 g/mol. The number of ether oxygens (including phenoxy) is 2. The highest BCUT2D eigenvalue weighted by Crippen LogP contribution is 2.25. The van der Waals surface area contributed by atoms with Crippen molar-refractivity contribution in [1.29, 1.82) is 0 Å². The Hall–Kier alpha value is -2.70. The Bertz CT molecular complexity index is 621. The maximum atomic E-state index is 12.0. The minimum absolute atomic E-state index is 0.0728. The van der Waals surface area contributed by atoms with E-state index in [1.165, 1.54) is 0 Å². The molecule has 7 nitrogen and oxygen atoms in total. The van der Waals surface area contributed by atoms with Crippen LogP contribution in [-0.4, -0.2) is 56.7 Å². The number of nitrogens with zero attached hydrogens (tertiary/aromatic N) is 1. The number of carbonyl (C=O) groups is 2. The van der Waals surface area contributed by atoms with Gasteiger partial charge in [0, 0.05) is 26.2 Å². The molecule has 1 fully saturated rings. The van der Waals surface area contributed by atoms with Crippen LogP contribution in [0.3, 0.4) is 0 Å². The third-order valence-electron chi connectivity index (χ3n) is 4.22. The highest BCUT2D eigenvalue weighted by Gasteiger charge is 2.23. The van der Waals surface area contributed by atoms with Crippen LogP contribution >= 0.6 is 0 Å². The predicted octanol–water partition coefficient (Wildman–Crippen LogP) is 1.80. The van der Waals surface area contributed by atoms with Gasteiger partial charge < -0.3 is 25.0 Å². The zero-order valence-corrected chi connectivity index (χ0v) is 15.2. The molecule has 7 heteroatoms. The molecule has 1 heterocycles. The molecule has 0 aromatic heterocycles. The molecule has 0 spiro atoms. The Labute approximate surface area is 154 Å². The summed E-state index contributed by atoms with van der Waals surface area (Å²) in [5.41, 5.74) is 0. The largest absolute Gasteiger partial charge is 0.493 e. The number of nitrogens with one attached hydrogen (secondary N) is 2. The number of benzene rings is 1. The lowest BCUT2D eigenvalue weighted by Crippen LogP contribution is -2.48. The van der Waals surface area contributed by atoms with Gasteiger partial charge in [0.1, 0.15) is 0 Å². The second-order valence-corrected chi connectivity index (χ2v) is 6.17. The Morgan fingerprint density at radius 1 is 1.31 bits per heavy atom. The molecule has 2 N–H and O–H groups in total. The molecule has 142 valence electrons. The summed E-state index contributed by atoms with van der Waals surface area (Å²) in [6, 6.07) is 7.12. The molecule has 0 bridgehead atoms. The minimum Gasteiger partial charge on any atom is -0.493 e. The number of para-hydroxylation sites is 2. The van der Waals surface area contributed by atoms with Crippen molar-refractivity contribution in [2.75, 3.05) is 39.9 Å². The Balaban J connectivity index is 1.73. The summed E-state index contributed by atoms with van der Waals surface area (Å²) in [6.45, 7) is 5.88. The van der Waals surface area contributed by atoms with Crippen LogP contribution in [0.1, 0.15) is 12.8 Å². The van der Waals surface area contributed by atoms with E-state index in [0.717, 1.165) is 19.4 Å². The molecule has 2 rings (SSSR count). The first-order valence-electron chi connectivity index (χ1n) is 8.80. The van der Waals surface area contributed by atoms with Gasteiger partial charge in [-0.25, -0.2) is 4.79 Å². The SMILES string of the molecule is C=CCNC(=O)N1CCCC(CNC(=O)COc2ccccc2OC)C1. The lowest BCUT2D eigenvalue weighted by Gasteiger charge is -2.32. The molecule has 1 unspecified atom stereocenters. The summed E-state index contributed by atoms with van der Waals surface area (Å²) in [7, 11) is 1.56. The molecule has 1 aliphatic rings. The molecule has 1 aromatic carbocycles. The third-order valence-corrected chi connectivity index (χ3v) is 4.22. The molecule has 1 saturated heterocycles. The quantitative estimate of drug-likeness (QED) is 0.692. The number of methoxy groups -OCH3 is 1. The number of hydrogen-bond donors (Lipinski definition) is 2. The molecule has 1 atom stereocenters. The van der Waals surface area contributed by atoms with E-state index < -0.39 is 0 Å². The maximum Gasteiger partial charge on any atom is 0.317 e. The van der Waals surface area contributed by atoms with Crippen LogP contribution in [0.25, 0.3) is 0 Å². The Kier molecular flexibility index (Phi) is 7.79. The average Bonchev–Trinajstić information content (AvgIpc) is 2.69. The molecule has 1 aromatic rings. The number of likely N-dealkylation sites (tertiary alicyclic amines) is 1. The Morgan fingerprint density at radius 3 is 2.81 bits per heavy atom. The summed E-state index contributed by atoms with van der Waals surface area (Å²) in [6.07, 6.45) is 3.57. The number of rotatable bonds is 8. The lowest BCUT2D eigenvalue weighted by atomic mass is 9.98. The zero-order chi connectivity index (χ0) is 18.8. The molecule has 0 aliphatic carbocycles. The minimum atomic E-state index is -0.191. The van der Waals surface area contributed by atoms with Crippen molar-refractivity contribution in [1.82, 2.24) is 15.5 Å². The standard InChI is InChI=1S/C19H27N3O4/c1-3-10-20-19(24)22-11-6-7-15(13-22)12-21-18(23)14-26-17-9-5-4-8-16(17)25-2/h3-5,8-9,15H,1,6-7,10-14H2,2H3,(H,20,24)(H,21,23). The van der Waals surface area contributed by atoms with E-state index in [1.807, 2.05) is 12.1 Å². The van der Waals surface area contributed by atoms with Crippen LogP contribution in [0.4, 0.5) is 4.79 Å². The van der Waals surface area contributed by atoms with Gasteiger partial charge >= 0.3 is 6.03 Å². The first-order valence-corrected chi connectivity index (χ1v) is 8.80. The van der Waals surface area contributed by atoms with Crippen LogP contribution in [0.2, 0.25) is 0 Å². The van der Waals surface area contributed by atoms with Gasteiger partial charge in [-0.05, 0) is 30.9 Å². The van der Waals surface area contributed by atoms with E-state index in [4.69, 9.17) is 9.47 Å². The van der Waals surface area contributed by atoms with E-state index >= 15 is 0 Å². The van der Waals surface area contributed by atoms with E-state index in [-0.39, 0.29) is 24.5 Å². The predicted molar refractivity (Wildman–Crippen MR) is 99.4 cm³/mol. The second kappa shape index (κ2) is 10.3. The van der Waals surface area contributed by atoms with Gasteiger partial charge in [-0.15, -0.1) is 6.58 Å². The van der Waals surface area contributed by atoms with Crippen LogP contribution < -0.4 is 20.1 Å². The van der Waals surface area contributed by atoms with Crippen molar-refractivity contribution in [3.63, 3.8) is 0 Å². The van der Waals surface area contributed by atoms with Crippen molar-refractivity contribution in [2.45, 2.75) is 12.8 Å². The van der Waals surface area contributed by atoms with E-state index in [9.17, 15) is 9.59 Å². The number of piperidine rings is 1. The van der Waals surface area contributed by atoms with E-state index in [0.29, 0.717) is 31.1 Å². The van der Waals surface area contributed by atoms with Crippen molar-refractivity contribution in [3.05, 3.63) is 36.9 Å². The lowest BCUT2D eigenvalue weighted by molar-refractivity contribution is -0.123. The van der Waals surface area contributed by atoms with E-state index in [2.05, 4.69) is 17.2 Å². The number of hydrogen-bond acceptors (Lipinski definition) is 4. The monoisotopic (exact) mass is 361 g/mol. The third kappa shape index (κ3) is 5.98. The topological polar surface area (TPSA) is 79.9 Å².